The molecule has 2 aromatic carbocycles. The van der Waals surface area contributed by atoms with Gasteiger partial charge in [0.05, 0.1) is 37.5 Å². The zero-order valence-electron chi connectivity index (χ0n) is 27.2. The molecule has 2 heterocycles. The van der Waals surface area contributed by atoms with E-state index >= 15 is 0 Å². The Balaban J connectivity index is 1.24. The summed E-state index contributed by atoms with van der Waals surface area (Å²) in [5.41, 5.74) is 7.57. The highest BCUT2D eigenvalue weighted by molar-refractivity contribution is 5.96. The van der Waals surface area contributed by atoms with Crippen LogP contribution in [0.1, 0.15) is 52.5 Å². The monoisotopic (exact) mass is 616 g/mol. The van der Waals surface area contributed by atoms with Crippen LogP contribution in [0.15, 0.2) is 63.8 Å². The fourth-order valence-electron chi connectivity index (χ4n) is 7.63. The molecule has 0 radical (unpaired) electrons. The third kappa shape index (κ3) is 6.04. The van der Waals surface area contributed by atoms with Crippen molar-refractivity contribution in [2.75, 3.05) is 32.6 Å². The molecule has 2 bridgehead atoms. The topological polar surface area (TPSA) is 93.0 Å². The predicted molar refractivity (Wildman–Crippen MR) is 176 cm³/mol. The van der Waals surface area contributed by atoms with Crippen LogP contribution in [0.4, 0.5) is 10.1 Å². The molecular weight excluding hydrogens is 571 g/mol. The number of nitrogens with zero attached hydrogens (tertiary/aromatic N) is 4. The first-order valence-electron chi connectivity index (χ1n) is 16.0. The molecule has 240 valence electrons. The Morgan fingerprint density at radius 2 is 2.00 bits per heavy atom. The standard InChI is InChI=1S/C35H45FN6O3/c1-21-19-41(14-12-30(21)40-45-6)34(39-31-16-24-15-28(22(31)2)35(24,3)4)38-25-8-10-27-32(17-25)37-20-42(33(27)43)13-11-23-7-9-26(44-5)18-29(23)36/h7-10,17-18,20,22,24,28,31,40H,11-16,19H2,1-6H3,(H,38,39)/t22-,24-,28+,31-/m0/s1. The smallest absolute Gasteiger partial charge is 0.261 e. The molecular formula is C35H45FN6O3. The van der Waals surface area contributed by atoms with Crippen LogP contribution in [0.3, 0.4) is 0 Å². The van der Waals surface area contributed by atoms with Gasteiger partial charge in [-0.3, -0.25) is 19.7 Å². The first-order chi connectivity index (χ1) is 21.6. The number of hydroxylamine groups is 1. The van der Waals surface area contributed by atoms with Gasteiger partial charge in [-0.25, -0.2) is 14.4 Å². The van der Waals surface area contributed by atoms with Crippen LogP contribution < -0.4 is 21.1 Å². The van der Waals surface area contributed by atoms with Crippen molar-refractivity contribution in [2.24, 2.45) is 28.2 Å². The zero-order valence-corrected chi connectivity index (χ0v) is 27.2. The summed E-state index contributed by atoms with van der Waals surface area (Å²) in [4.78, 5) is 30.9. The van der Waals surface area contributed by atoms with Gasteiger partial charge < -0.3 is 15.0 Å². The van der Waals surface area contributed by atoms with E-state index in [-0.39, 0.29) is 17.4 Å². The van der Waals surface area contributed by atoms with E-state index in [1.807, 2.05) is 18.2 Å². The summed E-state index contributed by atoms with van der Waals surface area (Å²) < 4.78 is 21.1. The molecule has 2 N–H and O–H groups in total. The van der Waals surface area contributed by atoms with Crippen LogP contribution in [0.25, 0.3) is 10.9 Å². The molecule has 0 spiro atoms. The maximum Gasteiger partial charge on any atom is 0.261 e. The number of halogens is 1. The van der Waals surface area contributed by atoms with Crippen molar-refractivity contribution < 1.29 is 14.0 Å². The van der Waals surface area contributed by atoms with Crippen molar-refractivity contribution in [1.82, 2.24) is 19.9 Å². The molecule has 3 aromatic rings. The SMILES string of the molecule is CONC1=C(C)CN(C(=N[C@H]2C[C@@H]3C[C@H]([C@@H]2C)C3(C)C)Nc2ccc3c(=O)n(CCc4ccc(OC)cc4F)cnc3c2)CC1. The number of fused-ring (bicyclic) bond motifs is 3. The van der Waals surface area contributed by atoms with Gasteiger partial charge in [0.1, 0.15) is 11.6 Å². The highest BCUT2D eigenvalue weighted by Gasteiger charge is 2.56. The van der Waals surface area contributed by atoms with E-state index in [1.54, 1.807) is 25.6 Å². The van der Waals surface area contributed by atoms with Crippen LogP contribution in [-0.2, 0) is 17.8 Å². The van der Waals surface area contributed by atoms with Crippen LogP contribution >= 0.6 is 0 Å². The summed E-state index contributed by atoms with van der Waals surface area (Å²) in [7, 11) is 3.15. The second-order valence-electron chi connectivity index (χ2n) is 13.5. The van der Waals surface area contributed by atoms with Crippen molar-refractivity contribution in [3.8, 4) is 5.75 Å². The van der Waals surface area contributed by atoms with Crippen molar-refractivity contribution in [1.29, 1.82) is 0 Å². The van der Waals surface area contributed by atoms with E-state index in [9.17, 15) is 9.18 Å². The van der Waals surface area contributed by atoms with Crippen molar-refractivity contribution >= 4 is 22.5 Å². The second-order valence-corrected chi connectivity index (χ2v) is 13.5. The molecule has 3 aliphatic carbocycles. The minimum atomic E-state index is -0.349. The van der Waals surface area contributed by atoms with Crippen molar-refractivity contribution in [3.63, 3.8) is 0 Å². The van der Waals surface area contributed by atoms with E-state index in [0.29, 0.717) is 58.4 Å². The lowest BCUT2D eigenvalue weighted by Crippen LogP contribution is -2.56. The number of anilines is 1. The number of rotatable bonds is 8. The third-order valence-electron chi connectivity index (χ3n) is 10.7. The molecule has 10 heteroatoms. The number of hydrogen-bond donors (Lipinski definition) is 2. The van der Waals surface area contributed by atoms with E-state index in [2.05, 4.69) is 48.4 Å². The number of hydrogen-bond acceptors (Lipinski definition) is 6. The Kier molecular flexibility index (Phi) is 8.61. The fraction of sp³-hybridized carbons (Fsp3) is 0.514. The summed E-state index contributed by atoms with van der Waals surface area (Å²) in [6, 6.07) is 10.7. The lowest BCUT2D eigenvalue weighted by atomic mass is 9.45. The average Bonchev–Trinajstić information content (AvgIpc) is 3.02. The van der Waals surface area contributed by atoms with Gasteiger partial charge in [-0.1, -0.05) is 26.8 Å². The molecule has 45 heavy (non-hydrogen) atoms. The minimum absolute atomic E-state index is 0.151. The van der Waals surface area contributed by atoms with Gasteiger partial charge in [-0.05, 0) is 84.8 Å². The summed E-state index contributed by atoms with van der Waals surface area (Å²) in [5.74, 6) is 2.89. The fourth-order valence-corrected chi connectivity index (χ4v) is 7.63. The number of ether oxygens (including phenoxy) is 1. The van der Waals surface area contributed by atoms with E-state index in [0.717, 1.165) is 43.3 Å². The maximum absolute atomic E-state index is 14.5. The number of benzene rings is 2. The van der Waals surface area contributed by atoms with Crippen LogP contribution in [0.5, 0.6) is 5.75 Å². The van der Waals surface area contributed by atoms with Gasteiger partial charge in [-0.2, -0.15) is 0 Å². The number of guanidine groups is 1. The minimum Gasteiger partial charge on any atom is -0.497 e. The molecule has 1 aromatic heterocycles. The number of methoxy groups -OCH3 is 1. The van der Waals surface area contributed by atoms with Gasteiger partial charge in [0.2, 0.25) is 0 Å². The van der Waals surface area contributed by atoms with E-state index < -0.39 is 0 Å². The van der Waals surface area contributed by atoms with E-state index in [4.69, 9.17) is 14.6 Å². The quantitative estimate of drug-likeness (QED) is 0.189. The van der Waals surface area contributed by atoms with Gasteiger partial charge in [0.15, 0.2) is 5.96 Å². The molecule has 4 atom stereocenters. The highest BCUT2D eigenvalue weighted by atomic mass is 19.1. The molecule has 9 nitrogen and oxygen atoms in total. The Hall–Kier alpha value is -3.92. The number of aromatic nitrogens is 2. The first-order valence-corrected chi connectivity index (χ1v) is 16.0. The molecule has 0 unspecified atom stereocenters. The molecule has 7 rings (SSSR count). The number of nitrogens with one attached hydrogen (secondary N) is 2. The molecule has 3 fully saturated rings. The number of aryl methyl sites for hydroxylation is 2. The Morgan fingerprint density at radius 1 is 1.18 bits per heavy atom. The summed E-state index contributed by atoms with van der Waals surface area (Å²) in [6.45, 7) is 11.2. The van der Waals surface area contributed by atoms with E-state index in [1.165, 1.54) is 29.7 Å². The van der Waals surface area contributed by atoms with Crippen LogP contribution in [0.2, 0.25) is 0 Å². The molecule has 0 saturated heterocycles. The van der Waals surface area contributed by atoms with Gasteiger partial charge in [-0.15, -0.1) is 0 Å². The zero-order chi connectivity index (χ0) is 31.9. The Morgan fingerprint density at radius 3 is 2.69 bits per heavy atom. The highest BCUT2D eigenvalue weighted by Crippen LogP contribution is 2.61. The van der Waals surface area contributed by atoms with Gasteiger partial charge >= 0.3 is 0 Å². The lowest BCUT2D eigenvalue weighted by molar-refractivity contribution is -0.108. The largest absolute Gasteiger partial charge is 0.497 e. The van der Waals surface area contributed by atoms with Crippen molar-refractivity contribution in [3.05, 3.63) is 75.7 Å². The predicted octanol–water partition coefficient (Wildman–Crippen LogP) is 5.76. The number of aliphatic imine (C=N–C) groups is 1. The first kappa shape index (κ1) is 31.1. The van der Waals surface area contributed by atoms with Crippen LogP contribution in [0, 0.1) is 29.0 Å². The Bertz CT molecular complexity index is 1700. The molecule has 1 aliphatic heterocycles. The third-order valence-corrected chi connectivity index (χ3v) is 10.7. The lowest BCUT2D eigenvalue weighted by Gasteiger charge is -2.61. The average molecular weight is 617 g/mol. The molecule has 0 amide bonds. The summed E-state index contributed by atoms with van der Waals surface area (Å²) >= 11 is 0. The summed E-state index contributed by atoms with van der Waals surface area (Å²) in [6.07, 6.45) is 5.16. The van der Waals surface area contributed by atoms with Gasteiger partial charge in [0, 0.05) is 43.5 Å². The Labute approximate surface area is 264 Å². The normalized spacial score (nSPS) is 24.4. The summed E-state index contributed by atoms with van der Waals surface area (Å²) in [5, 5.41) is 4.14. The molecule has 3 saturated carbocycles. The van der Waals surface area contributed by atoms with Crippen LogP contribution in [-0.4, -0.2) is 53.8 Å². The maximum atomic E-state index is 14.5. The van der Waals surface area contributed by atoms with Crippen molar-refractivity contribution in [2.45, 2.75) is 66.0 Å². The molecule has 4 aliphatic rings. The van der Waals surface area contributed by atoms with Gasteiger partial charge in [0.25, 0.3) is 5.56 Å². The second kappa shape index (κ2) is 12.5.